The van der Waals surface area contributed by atoms with Crippen LogP contribution in [0, 0.1) is 6.92 Å². The molecule has 7 nitrogen and oxygen atoms in total. The Morgan fingerprint density at radius 2 is 2.05 bits per heavy atom. The number of aryl methyl sites for hydroxylation is 2. The molecule has 0 saturated carbocycles. The van der Waals surface area contributed by atoms with Crippen LogP contribution in [0.25, 0.3) is 11.4 Å². The Kier molecular flexibility index (Phi) is 4.03. The van der Waals surface area contributed by atoms with Crippen molar-refractivity contribution in [3.63, 3.8) is 0 Å². The van der Waals surface area contributed by atoms with Crippen molar-refractivity contribution in [2.75, 3.05) is 19.1 Å². The molecule has 0 aliphatic rings. The first-order valence-corrected chi connectivity index (χ1v) is 7.97. The summed E-state index contributed by atoms with van der Waals surface area (Å²) in [5, 5.41) is 3.84. The SMILES string of the molecule is COc1cc(-c2noc(CCS(C)(=O)=O)n2)cc(C)n1. The molecule has 2 rings (SSSR count). The van der Waals surface area contributed by atoms with Crippen molar-refractivity contribution in [3.05, 3.63) is 23.7 Å². The quantitative estimate of drug-likeness (QED) is 0.813. The van der Waals surface area contributed by atoms with Crippen LogP contribution in [0.4, 0.5) is 0 Å². The molecule has 0 saturated heterocycles. The second kappa shape index (κ2) is 5.58. The lowest BCUT2D eigenvalue weighted by Gasteiger charge is -2.02. The predicted molar refractivity (Wildman–Crippen MR) is 72.2 cm³/mol. The van der Waals surface area contributed by atoms with E-state index in [1.807, 2.05) is 6.92 Å². The summed E-state index contributed by atoms with van der Waals surface area (Å²) >= 11 is 0. The van der Waals surface area contributed by atoms with Crippen molar-refractivity contribution in [2.45, 2.75) is 13.3 Å². The fraction of sp³-hybridized carbons (Fsp3) is 0.417. The van der Waals surface area contributed by atoms with Gasteiger partial charge in [-0.2, -0.15) is 4.98 Å². The van der Waals surface area contributed by atoms with E-state index < -0.39 is 9.84 Å². The lowest BCUT2D eigenvalue weighted by Crippen LogP contribution is -2.05. The highest BCUT2D eigenvalue weighted by molar-refractivity contribution is 7.90. The van der Waals surface area contributed by atoms with Crippen molar-refractivity contribution < 1.29 is 17.7 Å². The van der Waals surface area contributed by atoms with Gasteiger partial charge in [0.25, 0.3) is 0 Å². The van der Waals surface area contributed by atoms with Gasteiger partial charge in [-0.15, -0.1) is 0 Å². The van der Waals surface area contributed by atoms with Gasteiger partial charge in [-0.3, -0.25) is 0 Å². The summed E-state index contributed by atoms with van der Waals surface area (Å²) in [6, 6.07) is 3.49. The zero-order chi connectivity index (χ0) is 14.8. The summed E-state index contributed by atoms with van der Waals surface area (Å²) in [4.78, 5) is 8.34. The molecule has 0 atom stereocenters. The molecular formula is C12H15N3O4S. The van der Waals surface area contributed by atoms with Gasteiger partial charge in [0.05, 0.1) is 12.9 Å². The molecular weight excluding hydrogens is 282 g/mol. The number of hydrogen-bond donors (Lipinski definition) is 0. The smallest absolute Gasteiger partial charge is 0.227 e. The van der Waals surface area contributed by atoms with E-state index in [9.17, 15) is 8.42 Å². The van der Waals surface area contributed by atoms with E-state index in [0.29, 0.717) is 23.2 Å². The molecule has 20 heavy (non-hydrogen) atoms. The van der Waals surface area contributed by atoms with Crippen LogP contribution in [0.2, 0.25) is 0 Å². The van der Waals surface area contributed by atoms with Crippen molar-refractivity contribution >= 4 is 9.84 Å². The zero-order valence-electron chi connectivity index (χ0n) is 11.5. The Morgan fingerprint density at radius 1 is 1.30 bits per heavy atom. The summed E-state index contributed by atoms with van der Waals surface area (Å²) in [6.07, 6.45) is 1.37. The molecule has 0 spiro atoms. The Morgan fingerprint density at radius 3 is 2.70 bits per heavy atom. The molecule has 0 bridgehead atoms. The largest absolute Gasteiger partial charge is 0.481 e. The molecule has 0 aromatic carbocycles. The van der Waals surface area contributed by atoms with Crippen LogP contribution in [0.1, 0.15) is 11.6 Å². The lowest BCUT2D eigenvalue weighted by atomic mass is 10.2. The van der Waals surface area contributed by atoms with Crippen LogP contribution in [0.5, 0.6) is 5.88 Å². The maximum atomic E-state index is 11.1. The lowest BCUT2D eigenvalue weighted by molar-refractivity contribution is 0.382. The minimum atomic E-state index is -3.05. The first-order valence-electron chi connectivity index (χ1n) is 5.91. The molecule has 2 heterocycles. The second-order valence-electron chi connectivity index (χ2n) is 4.43. The fourth-order valence-corrected chi connectivity index (χ4v) is 2.16. The highest BCUT2D eigenvalue weighted by Gasteiger charge is 2.12. The van der Waals surface area contributed by atoms with Crippen molar-refractivity contribution in [1.29, 1.82) is 0 Å². The number of rotatable bonds is 5. The molecule has 0 N–H and O–H groups in total. The maximum Gasteiger partial charge on any atom is 0.227 e. The van der Waals surface area contributed by atoms with Crippen LogP contribution < -0.4 is 4.74 Å². The van der Waals surface area contributed by atoms with Crippen LogP contribution in [0.15, 0.2) is 16.7 Å². The molecule has 0 unspecified atom stereocenters. The Labute approximate surface area is 116 Å². The van der Waals surface area contributed by atoms with Crippen molar-refractivity contribution in [1.82, 2.24) is 15.1 Å². The molecule has 0 aliphatic carbocycles. The highest BCUT2D eigenvalue weighted by Crippen LogP contribution is 2.21. The molecule has 0 aliphatic heterocycles. The van der Waals surface area contributed by atoms with E-state index in [4.69, 9.17) is 9.26 Å². The standard InChI is InChI=1S/C12H15N3O4S/c1-8-6-9(7-11(13-8)18-2)12-14-10(19-15-12)4-5-20(3,16)17/h6-7H,4-5H2,1-3H3. The Bertz CT molecular complexity index is 709. The molecule has 0 amide bonds. The van der Waals surface area contributed by atoms with Gasteiger partial charge in [0.15, 0.2) is 0 Å². The van der Waals surface area contributed by atoms with Gasteiger partial charge in [-0.1, -0.05) is 5.16 Å². The topological polar surface area (TPSA) is 95.2 Å². The Balaban J connectivity index is 2.22. The summed E-state index contributed by atoms with van der Waals surface area (Å²) < 4.78 is 32.3. The summed E-state index contributed by atoms with van der Waals surface area (Å²) in [5.41, 5.74) is 1.48. The van der Waals surface area contributed by atoms with Gasteiger partial charge < -0.3 is 9.26 Å². The summed E-state index contributed by atoms with van der Waals surface area (Å²) in [6.45, 7) is 1.83. The third-order valence-corrected chi connectivity index (χ3v) is 3.50. The van der Waals surface area contributed by atoms with Crippen LogP contribution in [-0.4, -0.2) is 42.7 Å². The maximum absolute atomic E-state index is 11.1. The monoisotopic (exact) mass is 297 g/mol. The molecule has 0 fully saturated rings. The molecule has 108 valence electrons. The number of aromatic nitrogens is 3. The van der Waals surface area contributed by atoms with Gasteiger partial charge in [-0.05, 0) is 13.0 Å². The van der Waals surface area contributed by atoms with E-state index in [2.05, 4.69) is 15.1 Å². The van der Waals surface area contributed by atoms with Gasteiger partial charge in [0.1, 0.15) is 9.84 Å². The number of pyridine rings is 1. The predicted octanol–water partition coefficient (Wildman–Crippen LogP) is 1.04. The van der Waals surface area contributed by atoms with Gasteiger partial charge in [0.2, 0.25) is 17.6 Å². The number of sulfone groups is 1. The molecule has 0 radical (unpaired) electrons. The zero-order valence-corrected chi connectivity index (χ0v) is 12.3. The minimum Gasteiger partial charge on any atom is -0.481 e. The average Bonchev–Trinajstić information content (AvgIpc) is 2.83. The number of hydrogen-bond acceptors (Lipinski definition) is 7. The third kappa shape index (κ3) is 3.77. The molecule has 8 heteroatoms. The highest BCUT2D eigenvalue weighted by atomic mass is 32.2. The summed E-state index contributed by atoms with van der Waals surface area (Å²) in [5.74, 6) is 1.12. The van der Waals surface area contributed by atoms with E-state index >= 15 is 0 Å². The van der Waals surface area contributed by atoms with Crippen molar-refractivity contribution in [2.24, 2.45) is 0 Å². The number of ether oxygens (including phenoxy) is 1. The summed E-state index contributed by atoms with van der Waals surface area (Å²) in [7, 11) is -1.53. The number of nitrogens with zero attached hydrogens (tertiary/aromatic N) is 3. The first-order chi connectivity index (χ1) is 9.37. The van der Waals surface area contributed by atoms with Crippen LogP contribution in [0.3, 0.4) is 0 Å². The van der Waals surface area contributed by atoms with Crippen LogP contribution in [-0.2, 0) is 16.3 Å². The van der Waals surface area contributed by atoms with Crippen LogP contribution >= 0.6 is 0 Å². The molecule has 2 aromatic rings. The van der Waals surface area contributed by atoms with Gasteiger partial charge >= 0.3 is 0 Å². The fourth-order valence-electron chi connectivity index (χ4n) is 1.62. The van der Waals surface area contributed by atoms with E-state index in [1.165, 1.54) is 13.4 Å². The van der Waals surface area contributed by atoms with Gasteiger partial charge in [-0.25, -0.2) is 13.4 Å². The number of methoxy groups -OCH3 is 1. The van der Waals surface area contributed by atoms with E-state index in [-0.39, 0.29) is 12.2 Å². The second-order valence-corrected chi connectivity index (χ2v) is 6.69. The first kappa shape index (κ1) is 14.4. The normalized spacial score (nSPS) is 11.6. The molecule has 2 aromatic heterocycles. The minimum absolute atomic E-state index is 0.0205. The van der Waals surface area contributed by atoms with Crippen molar-refractivity contribution in [3.8, 4) is 17.3 Å². The average molecular weight is 297 g/mol. The third-order valence-electron chi connectivity index (χ3n) is 2.55. The Hall–Kier alpha value is -1.96. The van der Waals surface area contributed by atoms with E-state index in [0.717, 1.165) is 5.69 Å². The van der Waals surface area contributed by atoms with Gasteiger partial charge in [0, 0.05) is 30.0 Å². The van der Waals surface area contributed by atoms with E-state index in [1.54, 1.807) is 12.1 Å².